The highest BCUT2D eigenvalue weighted by molar-refractivity contribution is 5.66. The highest BCUT2D eigenvalue weighted by Gasteiger charge is 2.24. The third-order valence-electron chi connectivity index (χ3n) is 3.55. The fraction of sp³-hybridized carbons (Fsp3) is 0.714. The second-order valence-corrected chi connectivity index (χ2v) is 6.01. The largest absolute Gasteiger partial charge is 0.481 e. The molecule has 1 aromatic heterocycles. The molecule has 0 saturated carbocycles. The first kappa shape index (κ1) is 15.7. The standard InChI is InChI=1S/C14H25N3O2/c1-10-12(11(2)16(6)15-10)9-17(14(3,4)5)8-7-13(18)19/h7-9H2,1-6H3,(H,18,19). The molecule has 1 N–H and O–H groups in total. The van der Waals surface area contributed by atoms with Gasteiger partial charge in [0.2, 0.25) is 0 Å². The molecule has 0 aromatic carbocycles. The van der Waals surface area contributed by atoms with Crippen LogP contribution in [0.15, 0.2) is 0 Å². The summed E-state index contributed by atoms with van der Waals surface area (Å²) in [5.74, 6) is -0.756. The van der Waals surface area contributed by atoms with Gasteiger partial charge in [0.1, 0.15) is 0 Å². The zero-order valence-electron chi connectivity index (χ0n) is 12.8. The van der Waals surface area contributed by atoms with Crippen LogP contribution in [0.4, 0.5) is 0 Å². The Bertz CT molecular complexity index is 458. The molecule has 1 rings (SSSR count). The highest BCUT2D eigenvalue weighted by Crippen LogP contribution is 2.21. The number of carboxylic acids is 1. The predicted octanol–water partition coefficient (Wildman–Crippen LogP) is 2.11. The molecule has 0 fully saturated rings. The van der Waals surface area contributed by atoms with Gasteiger partial charge in [-0.15, -0.1) is 0 Å². The average molecular weight is 267 g/mol. The third-order valence-corrected chi connectivity index (χ3v) is 3.55. The molecule has 0 radical (unpaired) electrons. The molecule has 0 unspecified atom stereocenters. The van der Waals surface area contributed by atoms with E-state index in [1.807, 2.05) is 25.6 Å². The number of hydrogen-bond donors (Lipinski definition) is 1. The summed E-state index contributed by atoms with van der Waals surface area (Å²) in [6.07, 6.45) is 0.162. The number of rotatable bonds is 5. The van der Waals surface area contributed by atoms with Crippen LogP contribution in [0.2, 0.25) is 0 Å². The molecule has 0 aliphatic rings. The van der Waals surface area contributed by atoms with E-state index < -0.39 is 5.97 Å². The molecule has 5 heteroatoms. The lowest BCUT2D eigenvalue weighted by atomic mass is 10.0. The number of carbonyl (C=O) groups is 1. The topological polar surface area (TPSA) is 58.4 Å². The zero-order valence-corrected chi connectivity index (χ0v) is 12.8. The first-order valence-electron chi connectivity index (χ1n) is 6.59. The van der Waals surface area contributed by atoms with E-state index in [0.29, 0.717) is 6.54 Å². The molecular weight excluding hydrogens is 242 g/mol. The van der Waals surface area contributed by atoms with Crippen molar-refractivity contribution in [1.82, 2.24) is 14.7 Å². The Morgan fingerprint density at radius 3 is 2.32 bits per heavy atom. The lowest BCUT2D eigenvalue weighted by Gasteiger charge is -2.35. The predicted molar refractivity (Wildman–Crippen MR) is 75.1 cm³/mol. The molecule has 19 heavy (non-hydrogen) atoms. The summed E-state index contributed by atoms with van der Waals surface area (Å²) in [4.78, 5) is 13.0. The van der Waals surface area contributed by atoms with Gasteiger partial charge in [0.15, 0.2) is 0 Å². The van der Waals surface area contributed by atoms with Crippen LogP contribution in [-0.2, 0) is 18.4 Å². The lowest BCUT2D eigenvalue weighted by Crippen LogP contribution is -2.42. The number of aliphatic carboxylic acids is 1. The molecule has 0 aliphatic heterocycles. The van der Waals surface area contributed by atoms with Crippen LogP contribution >= 0.6 is 0 Å². The summed E-state index contributed by atoms with van der Waals surface area (Å²) in [6, 6.07) is 0. The molecule has 0 atom stereocenters. The minimum atomic E-state index is -0.756. The van der Waals surface area contributed by atoms with E-state index >= 15 is 0 Å². The fourth-order valence-electron chi connectivity index (χ4n) is 2.12. The Balaban J connectivity index is 2.91. The van der Waals surface area contributed by atoms with Crippen molar-refractivity contribution >= 4 is 5.97 Å². The summed E-state index contributed by atoms with van der Waals surface area (Å²) in [7, 11) is 1.94. The van der Waals surface area contributed by atoms with E-state index in [9.17, 15) is 4.79 Å². The molecule has 1 heterocycles. The van der Waals surface area contributed by atoms with Gasteiger partial charge in [-0.3, -0.25) is 14.4 Å². The van der Waals surface area contributed by atoms with Crippen molar-refractivity contribution < 1.29 is 9.90 Å². The van der Waals surface area contributed by atoms with Crippen molar-refractivity contribution in [1.29, 1.82) is 0 Å². The van der Waals surface area contributed by atoms with Crippen LogP contribution in [0.1, 0.15) is 44.1 Å². The molecule has 5 nitrogen and oxygen atoms in total. The normalized spacial score (nSPS) is 12.2. The number of aromatic nitrogens is 2. The molecule has 0 aliphatic carbocycles. The first-order valence-corrected chi connectivity index (χ1v) is 6.59. The minimum absolute atomic E-state index is 0.0653. The van der Waals surface area contributed by atoms with Crippen molar-refractivity contribution in [2.45, 2.75) is 53.1 Å². The van der Waals surface area contributed by atoms with E-state index in [1.54, 1.807) is 0 Å². The number of hydrogen-bond acceptors (Lipinski definition) is 3. The maximum atomic E-state index is 10.8. The Morgan fingerprint density at radius 1 is 1.37 bits per heavy atom. The van der Waals surface area contributed by atoms with E-state index in [1.165, 1.54) is 5.56 Å². The van der Waals surface area contributed by atoms with Gasteiger partial charge in [-0.1, -0.05) is 0 Å². The van der Waals surface area contributed by atoms with Gasteiger partial charge in [-0.05, 0) is 34.6 Å². The summed E-state index contributed by atoms with van der Waals surface area (Å²) in [5, 5.41) is 13.3. The van der Waals surface area contributed by atoms with Crippen LogP contribution in [0.25, 0.3) is 0 Å². The Morgan fingerprint density at radius 2 is 1.95 bits per heavy atom. The Labute approximate surface area is 115 Å². The fourth-order valence-corrected chi connectivity index (χ4v) is 2.12. The van der Waals surface area contributed by atoms with Crippen LogP contribution < -0.4 is 0 Å². The Hall–Kier alpha value is -1.36. The van der Waals surface area contributed by atoms with Gasteiger partial charge in [0, 0.05) is 36.9 Å². The van der Waals surface area contributed by atoms with Crippen LogP contribution in [0, 0.1) is 13.8 Å². The SMILES string of the molecule is Cc1nn(C)c(C)c1CN(CCC(=O)O)C(C)(C)C. The minimum Gasteiger partial charge on any atom is -0.481 e. The monoisotopic (exact) mass is 267 g/mol. The number of nitrogens with zero attached hydrogens (tertiary/aromatic N) is 3. The second kappa shape index (κ2) is 5.74. The zero-order chi connectivity index (χ0) is 14.8. The third kappa shape index (κ3) is 4.06. The number of aryl methyl sites for hydroxylation is 2. The van der Waals surface area contributed by atoms with E-state index in [4.69, 9.17) is 5.11 Å². The van der Waals surface area contributed by atoms with Gasteiger partial charge >= 0.3 is 5.97 Å². The first-order chi connectivity index (χ1) is 8.62. The van der Waals surface area contributed by atoms with Gasteiger partial charge in [-0.2, -0.15) is 5.10 Å². The van der Waals surface area contributed by atoms with Crippen LogP contribution in [0.3, 0.4) is 0 Å². The molecule has 0 bridgehead atoms. The number of carboxylic acid groups (broad SMARTS) is 1. The molecule has 0 amide bonds. The summed E-state index contributed by atoms with van der Waals surface area (Å²) < 4.78 is 1.88. The van der Waals surface area contributed by atoms with Crippen molar-refractivity contribution in [3.63, 3.8) is 0 Å². The van der Waals surface area contributed by atoms with E-state index in [-0.39, 0.29) is 12.0 Å². The van der Waals surface area contributed by atoms with Crippen molar-refractivity contribution in [2.75, 3.05) is 6.54 Å². The quantitative estimate of drug-likeness (QED) is 0.887. The molecular formula is C14H25N3O2. The summed E-state index contributed by atoms with van der Waals surface area (Å²) in [5.41, 5.74) is 3.29. The average Bonchev–Trinajstić information content (AvgIpc) is 2.47. The van der Waals surface area contributed by atoms with Crippen LogP contribution in [0.5, 0.6) is 0 Å². The molecule has 1 aromatic rings. The van der Waals surface area contributed by atoms with Crippen LogP contribution in [-0.4, -0.2) is 37.8 Å². The maximum absolute atomic E-state index is 10.8. The van der Waals surface area contributed by atoms with Gasteiger partial charge in [-0.25, -0.2) is 0 Å². The molecule has 0 spiro atoms. The maximum Gasteiger partial charge on any atom is 0.304 e. The van der Waals surface area contributed by atoms with E-state index in [0.717, 1.165) is 17.9 Å². The molecule has 108 valence electrons. The van der Waals surface area contributed by atoms with Gasteiger partial charge in [0.05, 0.1) is 12.1 Å². The van der Waals surface area contributed by atoms with E-state index in [2.05, 4.69) is 30.8 Å². The van der Waals surface area contributed by atoms with Crippen molar-refractivity contribution in [3.05, 3.63) is 17.0 Å². The smallest absolute Gasteiger partial charge is 0.304 e. The van der Waals surface area contributed by atoms with Crippen molar-refractivity contribution in [2.24, 2.45) is 7.05 Å². The van der Waals surface area contributed by atoms with Gasteiger partial charge < -0.3 is 5.11 Å². The highest BCUT2D eigenvalue weighted by atomic mass is 16.4. The Kier molecular flexibility index (Phi) is 4.74. The summed E-state index contributed by atoms with van der Waals surface area (Å²) >= 11 is 0. The lowest BCUT2D eigenvalue weighted by molar-refractivity contribution is -0.137. The summed E-state index contributed by atoms with van der Waals surface area (Å²) in [6.45, 7) is 11.7. The van der Waals surface area contributed by atoms with Crippen molar-refractivity contribution in [3.8, 4) is 0 Å². The second-order valence-electron chi connectivity index (χ2n) is 6.01. The van der Waals surface area contributed by atoms with Gasteiger partial charge in [0.25, 0.3) is 0 Å². The molecule has 0 saturated heterocycles.